The summed E-state index contributed by atoms with van der Waals surface area (Å²) in [4.78, 5) is 2.46. The first kappa shape index (κ1) is 11.5. The molecule has 0 N–H and O–H groups in total. The molecule has 18 heavy (non-hydrogen) atoms. The first-order chi connectivity index (χ1) is 8.81. The number of rotatable bonds is 4. The molecule has 5 heteroatoms. The van der Waals surface area contributed by atoms with Gasteiger partial charge in [0.25, 0.3) is 0 Å². The Bertz CT molecular complexity index is 491. The van der Waals surface area contributed by atoms with Gasteiger partial charge >= 0.3 is 0 Å². The summed E-state index contributed by atoms with van der Waals surface area (Å²) >= 11 is 0. The molecule has 1 unspecified atom stereocenters. The topological polar surface area (TPSA) is 47.1 Å². The second-order valence-electron chi connectivity index (χ2n) is 4.93. The van der Waals surface area contributed by atoms with Crippen molar-refractivity contribution in [2.45, 2.75) is 38.9 Å². The van der Waals surface area contributed by atoms with Crippen LogP contribution in [0.1, 0.15) is 24.3 Å². The number of nitrogens with zero attached hydrogens (tertiary/aromatic N) is 4. The second kappa shape index (κ2) is 4.94. The summed E-state index contributed by atoms with van der Waals surface area (Å²) < 4.78 is 7.30. The van der Waals surface area contributed by atoms with Crippen LogP contribution >= 0.6 is 0 Å². The van der Waals surface area contributed by atoms with Gasteiger partial charge in [-0.2, -0.15) is 5.10 Å². The van der Waals surface area contributed by atoms with Crippen molar-refractivity contribution in [3.63, 3.8) is 0 Å². The summed E-state index contributed by atoms with van der Waals surface area (Å²) in [7, 11) is 0. The van der Waals surface area contributed by atoms with Crippen molar-refractivity contribution in [2.75, 3.05) is 6.54 Å². The molecule has 0 radical (unpaired) electrons. The van der Waals surface area contributed by atoms with Crippen molar-refractivity contribution < 1.29 is 4.52 Å². The van der Waals surface area contributed by atoms with E-state index in [1.165, 1.54) is 12.8 Å². The minimum absolute atomic E-state index is 0.551. The Balaban J connectivity index is 1.64. The third kappa shape index (κ3) is 2.46. The van der Waals surface area contributed by atoms with Gasteiger partial charge < -0.3 is 4.52 Å². The van der Waals surface area contributed by atoms with Crippen LogP contribution in [0.4, 0.5) is 0 Å². The zero-order chi connectivity index (χ0) is 12.4. The van der Waals surface area contributed by atoms with Crippen LogP contribution in [-0.4, -0.2) is 32.4 Å². The van der Waals surface area contributed by atoms with Crippen LogP contribution in [0.5, 0.6) is 0 Å². The van der Waals surface area contributed by atoms with Crippen LogP contribution in [0.25, 0.3) is 0 Å². The normalized spacial score (nSPS) is 20.6. The maximum absolute atomic E-state index is 5.30. The van der Waals surface area contributed by atoms with E-state index in [4.69, 9.17) is 4.52 Å². The predicted molar refractivity (Wildman–Crippen MR) is 66.9 cm³/mol. The molecule has 0 spiro atoms. The van der Waals surface area contributed by atoms with Crippen molar-refractivity contribution in [1.82, 2.24) is 19.8 Å². The van der Waals surface area contributed by atoms with Gasteiger partial charge in [0.1, 0.15) is 0 Å². The maximum Gasteiger partial charge on any atom is 0.150 e. The van der Waals surface area contributed by atoms with E-state index in [9.17, 15) is 0 Å². The summed E-state index contributed by atoms with van der Waals surface area (Å²) in [6.07, 6.45) is 6.33. The van der Waals surface area contributed by atoms with Crippen molar-refractivity contribution in [2.24, 2.45) is 0 Å². The van der Waals surface area contributed by atoms with E-state index in [1.54, 1.807) is 0 Å². The minimum atomic E-state index is 0.551. The van der Waals surface area contributed by atoms with E-state index < -0.39 is 0 Å². The highest BCUT2D eigenvalue weighted by Gasteiger charge is 2.25. The van der Waals surface area contributed by atoms with Gasteiger partial charge in [0.15, 0.2) is 5.76 Å². The highest BCUT2D eigenvalue weighted by atomic mass is 16.5. The van der Waals surface area contributed by atoms with Crippen molar-refractivity contribution in [3.05, 3.63) is 36.0 Å². The molecule has 1 aliphatic rings. The summed E-state index contributed by atoms with van der Waals surface area (Å²) in [5.41, 5.74) is 0.952. The third-order valence-electron chi connectivity index (χ3n) is 3.49. The lowest BCUT2D eigenvalue weighted by atomic mass is 10.2. The number of aromatic nitrogens is 3. The van der Waals surface area contributed by atoms with Crippen molar-refractivity contribution in [3.8, 4) is 0 Å². The summed E-state index contributed by atoms with van der Waals surface area (Å²) in [5.74, 6) is 0.958. The third-order valence-corrected chi connectivity index (χ3v) is 3.49. The molecule has 5 nitrogen and oxygen atoms in total. The van der Waals surface area contributed by atoms with Crippen LogP contribution in [0.15, 0.2) is 29.0 Å². The molecular weight excluding hydrogens is 228 g/mol. The summed E-state index contributed by atoms with van der Waals surface area (Å²) in [5, 5.41) is 8.22. The highest BCUT2D eigenvalue weighted by Crippen LogP contribution is 2.21. The molecule has 0 aromatic carbocycles. The molecule has 2 aromatic rings. The average Bonchev–Trinajstić information content (AvgIpc) is 3.05. The highest BCUT2D eigenvalue weighted by molar-refractivity contribution is 5.03. The SMILES string of the molecule is Cc1cc(CN2CCCC2Cn2cccn2)on1. The fraction of sp³-hybridized carbons (Fsp3) is 0.538. The van der Waals surface area contributed by atoms with E-state index in [2.05, 4.69) is 15.2 Å². The zero-order valence-corrected chi connectivity index (χ0v) is 10.6. The second-order valence-corrected chi connectivity index (χ2v) is 4.93. The molecule has 0 bridgehead atoms. The van der Waals surface area contributed by atoms with Crippen molar-refractivity contribution in [1.29, 1.82) is 0 Å². The molecule has 1 atom stereocenters. The van der Waals surface area contributed by atoms with E-state index in [0.29, 0.717) is 6.04 Å². The Labute approximate surface area is 106 Å². The molecule has 3 rings (SSSR count). The van der Waals surface area contributed by atoms with Gasteiger partial charge in [0.2, 0.25) is 0 Å². The van der Waals surface area contributed by atoms with E-state index >= 15 is 0 Å². The van der Waals surface area contributed by atoms with Gasteiger partial charge in [-0.05, 0) is 32.4 Å². The number of aryl methyl sites for hydroxylation is 1. The molecule has 0 amide bonds. The molecule has 0 aliphatic carbocycles. The van der Waals surface area contributed by atoms with Crippen LogP contribution in [0, 0.1) is 6.92 Å². The Hall–Kier alpha value is -1.62. The fourth-order valence-electron chi connectivity index (χ4n) is 2.63. The minimum Gasteiger partial charge on any atom is -0.360 e. The van der Waals surface area contributed by atoms with E-state index in [1.807, 2.05) is 36.1 Å². The smallest absolute Gasteiger partial charge is 0.150 e. The van der Waals surface area contributed by atoms with Crippen LogP contribution in [-0.2, 0) is 13.1 Å². The number of likely N-dealkylation sites (tertiary alicyclic amines) is 1. The molecule has 1 fully saturated rings. The van der Waals surface area contributed by atoms with Gasteiger partial charge in [-0.1, -0.05) is 5.16 Å². The fourth-order valence-corrected chi connectivity index (χ4v) is 2.63. The van der Waals surface area contributed by atoms with Crippen molar-refractivity contribution >= 4 is 0 Å². The lowest BCUT2D eigenvalue weighted by Gasteiger charge is -2.22. The Morgan fingerprint density at radius 2 is 2.44 bits per heavy atom. The van der Waals surface area contributed by atoms with Gasteiger partial charge in [-0.25, -0.2) is 0 Å². The average molecular weight is 246 g/mol. The summed E-state index contributed by atoms with van der Waals surface area (Å²) in [6, 6.07) is 4.54. The molecule has 96 valence electrons. The predicted octanol–water partition coefficient (Wildman–Crippen LogP) is 1.84. The summed E-state index contributed by atoms with van der Waals surface area (Å²) in [6.45, 7) is 4.90. The van der Waals surface area contributed by atoms with E-state index in [0.717, 1.165) is 31.1 Å². The zero-order valence-electron chi connectivity index (χ0n) is 10.6. The Kier molecular flexibility index (Phi) is 3.15. The molecule has 1 aliphatic heterocycles. The first-order valence-corrected chi connectivity index (χ1v) is 6.45. The molecule has 1 saturated heterocycles. The standard InChI is InChI=1S/C13H18N4O/c1-11-8-13(18-15-11)10-16-6-2-4-12(16)9-17-7-3-5-14-17/h3,5,7-8,12H,2,4,6,9-10H2,1H3. The van der Waals surface area contributed by atoms with Gasteiger partial charge in [0, 0.05) is 24.5 Å². The van der Waals surface area contributed by atoms with E-state index in [-0.39, 0.29) is 0 Å². The molecule has 2 aromatic heterocycles. The van der Waals surface area contributed by atoms with Crippen LogP contribution in [0.3, 0.4) is 0 Å². The number of hydrogen-bond donors (Lipinski definition) is 0. The molecule has 0 saturated carbocycles. The largest absolute Gasteiger partial charge is 0.360 e. The molecular formula is C13H18N4O. The number of hydrogen-bond acceptors (Lipinski definition) is 4. The van der Waals surface area contributed by atoms with Gasteiger partial charge in [-0.15, -0.1) is 0 Å². The Morgan fingerprint density at radius 3 is 3.17 bits per heavy atom. The van der Waals surface area contributed by atoms with Gasteiger partial charge in [-0.3, -0.25) is 9.58 Å². The lowest BCUT2D eigenvalue weighted by molar-refractivity contribution is 0.195. The lowest BCUT2D eigenvalue weighted by Crippen LogP contribution is -2.32. The van der Waals surface area contributed by atoms with Crippen LogP contribution in [0.2, 0.25) is 0 Å². The maximum atomic E-state index is 5.30. The van der Waals surface area contributed by atoms with Crippen LogP contribution < -0.4 is 0 Å². The quantitative estimate of drug-likeness (QED) is 0.826. The monoisotopic (exact) mass is 246 g/mol. The first-order valence-electron chi connectivity index (χ1n) is 6.45. The van der Waals surface area contributed by atoms with Gasteiger partial charge in [0.05, 0.1) is 18.8 Å². The molecule has 3 heterocycles. The Morgan fingerprint density at radius 1 is 1.50 bits per heavy atom.